The van der Waals surface area contributed by atoms with Gasteiger partial charge in [-0.3, -0.25) is 0 Å². The van der Waals surface area contributed by atoms with Crippen LogP contribution in [0.15, 0.2) is 30.6 Å². The number of nitrogens with zero attached hydrogens (tertiary/aromatic N) is 4. The van der Waals surface area contributed by atoms with Crippen LogP contribution in [0.25, 0.3) is 5.78 Å². The largest absolute Gasteiger partial charge is 0.338 e. The van der Waals surface area contributed by atoms with Crippen LogP contribution in [0.3, 0.4) is 0 Å². The first-order chi connectivity index (χ1) is 9.13. The average Bonchev–Trinajstić information content (AvgIpc) is 2.82. The van der Waals surface area contributed by atoms with E-state index in [2.05, 4.69) is 20.4 Å². The van der Waals surface area contributed by atoms with Gasteiger partial charge in [-0.05, 0) is 25.1 Å². The van der Waals surface area contributed by atoms with Crippen molar-refractivity contribution < 1.29 is 4.39 Å². The normalized spacial score (nSPS) is 10.9. The number of anilines is 2. The summed E-state index contributed by atoms with van der Waals surface area (Å²) in [5, 5.41) is 7.43. The van der Waals surface area contributed by atoms with E-state index < -0.39 is 5.82 Å². The summed E-state index contributed by atoms with van der Waals surface area (Å²) in [5.74, 6) is 0.623. The first-order valence-corrected chi connectivity index (χ1v) is 5.91. The van der Waals surface area contributed by atoms with Crippen molar-refractivity contribution in [3.63, 3.8) is 0 Å². The number of benzene rings is 1. The van der Waals surface area contributed by atoms with Crippen LogP contribution >= 0.6 is 11.6 Å². The maximum absolute atomic E-state index is 13.7. The molecule has 0 aliphatic carbocycles. The number of halogens is 2. The fraction of sp³-hybridized carbons (Fsp3) is 0.0833. The van der Waals surface area contributed by atoms with Crippen molar-refractivity contribution in [3.05, 3.63) is 47.1 Å². The Labute approximate surface area is 113 Å². The molecule has 2 aromatic heterocycles. The van der Waals surface area contributed by atoms with Gasteiger partial charge in [0, 0.05) is 16.8 Å². The number of aromatic nitrogens is 4. The van der Waals surface area contributed by atoms with Gasteiger partial charge in [0.2, 0.25) is 0 Å². The van der Waals surface area contributed by atoms with Gasteiger partial charge in [0.1, 0.15) is 18.0 Å². The summed E-state index contributed by atoms with van der Waals surface area (Å²) in [4.78, 5) is 8.21. The molecule has 0 aliphatic heterocycles. The predicted octanol–water partition coefficient (Wildman–Crippen LogP) is 2.97. The lowest BCUT2D eigenvalue weighted by Crippen LogP contribution is -2.03. The van der Waals surface area contributed by atoms with Gasteiger partial charge in [-0.2, -0.15) is 14.6 Å². The molecule has 0 saturated heterocycles. The Bertz CT molecular complexity index is 755. The molecule has 1 aromatic carbocycles. The van der Waals surface area contributed by atoms with Gasteiger partial charge in [0.05, 0.1) is 5.69 Å². The first-order valence-electron chi connectivity index (χ1n) is 5.53. The second kappa shape index (κ2) is 4.47. The van der Waals surface area contributed by atoms with Crippen LogP contribution < -0.4 is 5.32 Å². The molecule has 0 fully saturated rings. The summed E-state index contributed by atoms with van der Waals surface area (Å²) in [7, 11) is 0. The standard InChI is InChI=1S/C12H9ClFN5/c1-7-4-11(19-12(17-7)15-6-16-19)18-10-5-8(13)2-3-9(10)14/h2-6,18H,1H3. The van der Waals surface area contributed by atoms with Crippen molar-refractivity contribution in [1.82, 2.24) is 19.6 Å². The molecule has 96 valence electrons. The molecule has 0 saturated carbocycles. The van der Waals surface area contributed by atoms with Gasteiger partial charge >= 0.3 is 0 Å². The molecule has 3 rings (SSSR count). The van der Waals surface area contributed by atoms with E-state index in [9.17, 15) is 4.39 Å². The molecular weight excluding hydrogens is 269 g/mol. The van der Waals surface area contributed by atoms with Crippen LogP contribution in [0, 0.1) is 12.7 Å². The summed E-state index contributed by atoms with van der Waals surface area (Å²) in [5.41, 5.74) is 1.03. The van der Waals surface area contributed by atoms with Gasteiger partial charge in [0.25, 0.3) is 5.78 Å². The highest BCUT2D eigenvalue weighted by molar-refractivity contribution is 6.30. The zero-order valence-electron chi connectivity index (χ0n) is 9.93. The highest BCUT2D eigenvalue weighted by atomic mass is 35.5. The van der Waals surface area contributed by atoms with Crippen LogP contribution in [0.4, 0.5) is 15.9 Å². The van der Waals surface area contributed by atoms with Crippen LogP contribution in [0.5, 0.6) is 0 Å². The Balaban J connectivity index is 2.10. The van der Waals surface area contributed by atoms with E-state index in [1.807, 2.05) is 6.92 Å². The maximum atomic E-state index is 13.7. The SMILES string of the molecule is Cc1cc(Nc2cc(Cl)ccc2F)n2ncnc2n1. The van der Waals surface area contributed by atoms with E-state index in [0.717, 1.165) is 5.69 Å². The molecule has 3 aromatic rings. The predicted molar refractivity (Wildman–Crippen MR) is 70.2 cm³/mol. The van der Waals surface area contributed by atoms with Crippen molar-refractivity contribution in [1.29, 1.82) is 0 Å². The van der Waals surface area contributed by atoms with Crippen molar-refractivity contribution >= 4 is 28.9 Å². The summed E-state index contributed by atoms with van der Waals surface area (Å²) in [6.45, 7) is 1.83. The van der Waals surface area contributed by atoms with Crippen LogP contribution in [0.2, 0.25) is 5.02 Å². The van der Waals surface area contributed by atoms with Crippen molar-refractivity contribution in [2.45, 2.75) is 6.92 Å². The zero-order valence-corrected chi connectivity index (χ0v) is 10.7. The van der Waals surface area contributed by atoms with Gasteiger partial charge in [-0.25, -0.2) is 9.37 Å². The molecule has 0 atom stereocenters. The lowest BCUT2D eigenvalue weighted by Gasteiger charge is -2.09. The minimum atomic E-state index is -0.396. The number of aryl methyl sites for hydroxylation is 1. The molecule has 1 N–H and O–H groups in total. The monoisotopic (exact) mass is 277 g/mol. The molecule has 0 radical (unpaired) electrons. The third kappa shape index (κ3) is 2.22. The fourth-order valence-corrected chi connectivity index (χ4v) is 1.92. The number of nitrogens with one attached hydrogen (secondary N) is 1. The number of hydrogen-bond acceptors (Lipinski definition) is 4. The first kappa shape index (κ1) is 11.9. The van der Waals surface area contributed by atoms with E-state index in [4.69, 9.17) is 11.6 Å². The molecule has 0 bridgehead atoms. The number of hydrogen-bond donors (Lipinski definition) is 1. The molecule has 19 heavy (non-hydrogen) atoms. The third-order valence-corrected chi connectivity index (χ3v) is 2.81. The van der Waals surface area contributed by atoms with Gasteiger partial charge in [0.15, 0.2) is 0 Å². The fourth-order valence-electron chi connectivity index (χ4n) is 1.75. The molecule has 0 spiro atoms. The van der Waals surface area contributed by atoms with E-state index in [1.54, 1.807) is 6.07 Å². The van der Waals surface area contributed by atoms with E-state index in [0.29, 0.717) is 16.6 Å². The highest BCUT2D eigenvalue weighted by Crippen LogP contribution is 2.23. The lowest BCUT2D eigenvalue weighted by molar-refractivity contribution is 0.631. The minimum Gasteiger partial charge on any atom is -0.338 e. The Kier molecular flexibility index (Phi) is 2.79. The summed E-state index contributed by atoms with van der Waals surface area (Å²) < 4.78 is 15.2. The highest BCUT2D eigenvalue weighted by Gasteiger charge is 2.08. The summed E-state index contributed by atoms with van der Waals surface area (Å²) >= 11 is 5.86. The zero-order chi connectivity index (χ0) is 13.4. The van der Waals surface area contributed by atoms with Crippen molar-refractivity contribution in [3.8, 4) is 0 Å². The van der Waals surface area contributed by atoms with Crippen molar-refractivity contribution in [2.24, 2.45) is 0 Å². The Morgan fingerprint density at radius 2 is 2.16 bits per heavy atom. The van der Waals surface area contributed by atoms with E-state index >= 15 is 0 Å². The van der Waals surface area contributed by atoms with Gasteiger partial charge in [-0.15, -0.1) is 0 Å². The maximum Gasteiger partial charge on any atom is 0.254 e. The smallest absolute Gasteiger partial charge is 0.254 e. The summed E-state index contributed by atoms with van der Waals surface area (Å²) in [6, 6.07) is 6.06. The van der Waals surface area contributed by atoms with E-state index in [1.165, 1.54) is 29.0 Å². The number of rotatable bonds is 2. The topological polar surface area (TPSA) is 55.1 Å². The van der Waals surface area contributed by atoms with Crippen LogP contribution in [-0.4, -0.2) is 19.6 Å². The third-order valence-electron chi connectivity index (χ3n) is 2.57. The average molecular weight is 278 g/mol. The summed E-state index contributed by atoms with van der Waals surface area (Å²) in [6.07, 6.45) is 1.39. The molecule has 5 nitrogen and oxygen atoms in total. The molecule has 0 unspecified atom stereocenters. The molecule has 0 amide bonds. The second-order valence-electron chi connectivity index (χ2n) is 4.00. The Hall–Kier alpha value is -2.21. The molecule has 7 heteroatoms. The Morgan fingerprint density at radius 3 is 3.00 bits per heavy atom. The Morgan fingerprint density at radius 1 is 1.32 bits per heavy atom. The van der Waals surface area contributed by atoms with Gasteiger partial charge in [-0.1, -0.05) is 11.6 Å². The molecular formula is C12H9ClFN5. The molecule has 2 heterocycles. The lowest BCUT2D eigenvalue weighted by atomic mass is 10.3. The minimum absolute atomic E-state index is 0.273. The van der Waals surface area contributed by atoms with Gasteiger partial charge < -0.3 is 5.32 Å². The van der Waals surface area contributed by atoms with Crippen LogP contribution in [0.1, 0.15) is 5.69 Å². The van der Waals surface area contributed by atoms with Crippen molar-refractivity contribution in [2.75, 3.05) is 5.32 Å². The second-order valence-corrected chi connectivity index (χ2v) is 4.44. The number of fused-ring (bicyclic) bond motifs is 1. The van der Waals surface area contributed by atoms with E-state index in [-0.39, 0.29) is 5.69 Å². The van der Waals surface area contributed by atoms with Crippen LogP contribution in [-0.2, 0) is 0 Å². The quantitative estimate of drug-likeness (QED) is 0.782. The molecule has 0 aliphatic rings.